The molecule has 1 aliphatic heterocycles. The molecule has 0 unspecified atom stereocenters. The summed E-state index contributed by atoms with van der Waals surface area (Å²) in [5.41, 5.74) is 0.437. The zero-order valence-corrected chi connectivity index (χ0v) is 14.7. The van der Waals surface area contributed by atoms with Gasteiger partial charge in [-0.2, -0.15) is 0 Å². The smallest absolute Gasteiger partial charge is 0.0905 e. The Morgan fingerprint density at radius 3 is 2.57 bits per heavy atom. The Hall–Kier alpha value is -0.120. The number of hydrogen-bond donors (Lipinski definition) is 2. The van der Waals surface area contributed by atoms with E-state index in [0.29, 0.717) is 28.3 Å². The van der Waals surface area contributed by atoms with Gasteiger partial charge in [0.15, 0.2) is 0 Å². The van der Waals surface area contributed by atoms with Crippen LogP contribution < -0.4 is 0 Å². The van der Waals surface area contributed by atoms with Gasteiger partial charge in [0.2, 0.25) is 0 Å². The largest absolute Gasteiger partial charge is 0.393 e. The first kappa shape index (κ1) is 15.2. The van der Waals surface area contributed by atoms with E-state index in [2.05, 4.69) is 13.8 Å². The summed E-state index contributed by atoms with van der Waals surface area (Å²) in [6, 6.07) is 0. The maximum atomic E-state index is 10.9. The van der Waals surface area contributed by atoms with Crippen LogP contribution in [0.2, 0.25) is 0 Å². The minimum absolute atomic E-state index is 0.0474. The number of rotatable bonds is 1. The Kier molecular flexibility index (Phi) is 2.86. The molecule has 4 aliphatic carbocycles. The quantitative estimate of drug-likeness (QED) is 0.780. The van der Waals surface area contributed by atoms with Gasteiger partial charge in [0.05, 0.1) is 24.9 Å². The molecule has 3 nitrogen and oxygen atoms in total. The first-order valence-electron chi connectivity index (χ1n) is 9.83. The van der Waals surface area contributed by atoms with E-state index in [4.69, 9.17) is 4.74 Å². The second-order valence-corrected chi connectivity index (χ2v) is 10.1. The SMILES string of the molecule is C[C@@]12CO[C@@H]1CC[C@@]1(C)[C@H]2CC[C@H]2C[C@@H]3C[C@@]21CC[C@@]3(O)CO. The Balaban J connectivity index is 1.55. The highest BCUT2D eigenvalue weighted by Gasteiger charge is 2.71. The van der Waals surface area contributed by atoms with Gasteiger partial charge in [-0.15, -0.1) is 0 Å². The van der Waals surface area contributed by atoms with Crippen molar-refractivity contribution >= 4 is 0 Å². The van der Waals surface area contributed by atoms with Crippen LogP contribution in [0.3, 0.4) is 0 Å². The van der Waals surface area contributed by atoms with Crippen LogP contribution in [0.1, 0.15) is 65.2 Å². The lowest BCUT2D eigenvalue weighted by Gasteiger charge is -2.69. The van der Waals surface area contributed by atoms with Gasteiger partial charge in [0.1, 0.15) is 0 Å². The molecule has 130 valence electrons. The summed E-state index contributed by atoms with van der Waals surface area (Å²) in [5, 5.41) is 20.6. The molecule has 4 saturated carbocycles. The molecule has 0 aromatic carbocycles. The van der Waals surface area contributed by atoms with Gasteiger partial charge in [0.25, 0.3) is 0 Å². The maximum Gasteiger partial charge on any atom is 0.0905 e. The summed E-state index contributed by atoms with van der Waals surface area (Å²) in [7, 11) is 0. The first-order chi connectivity index (χ1) is 10.9. The lowest BCUT2D eigenvalue weighted by molar-refractivity contribution is -0.289. The van der Waals surface area contributed by atoms with E-state index in [0.717, 1.165) is 44.1 Å². The molecule has 0 aromatic heterocycles. The fraction of sp³-hybridized carbons (Fsp3) is 1.00. The molecule has 1 saturated heterocycles. The number of aliphatic hydroxyl groups is 2. The van der Waals surface area contributed by atoms with Crippen molar-refractivity contribution in [3.8, 4) is 0 Å². The summed E-state index contributed by atoms with van der Waals surface area (Å²) in [6.45, 7) is 5.99. The molecule has 0 radical (unpaired) electrons. The van der Waals surface area contributed by atoms with E-state index in [1.807, 2.05) is 0 Å². The summed E-state index contributed by atoms with van der Waals surface area (Å²) >= 11 is 0. The highest BCUT2D eigenvalue weighted by Crippen LogP contribution is 2.76. The van der Waals surface area contributed by atoms with Crippen LogP contribution in [0, 0.1) is 34.0 Å². The van der Waals surface area contributed by atoms with E-state index in [-0.39, 0.29) is 6.61 Å². The van der Waals surface area contributed by atoms with Crippen LogP contribution in [0.15, 0.2) is 0 Å². The van der Waals surface area contributed by atoms with Gasteiger partial charge in [-0.25, -0.2) is 0 Å². The van der Waals surface area contributed by atoms with Gasteiger partial charge in [0, 0.05) is 5.41 Å². The van der Waals surface area contributed by atoms with Crippen molar-refractivity contribution in [3.05, 3.63) is 0 Å². The molecule has 0 aromatic rings. The van der Waals surface area contributed by atoms with Crippen molar-refractivity contribution in [2.75, 3.05) is 13.2 Å². The van der Waals surface area contributed by atoms with Crippen LogP contribution >= 0.6 is 0 Å². The molecule has 5 aliphatic rings. The summed E-state index contributed by atoms with van der Waals surface area (Å²) in [6.07, 6.45) is 9.96. The lowest BCUT2D eigenvalue weighted by Crippen LogP contribution is -2.67. The third kappa shape index (κ3) is 1.54. The summed E-state index contributed by atoms with van der Waals surface area (Å²) in [5.74, 6) is 1.89. The van der Waals surface area contributed by atoms with Gasteiger partial charge in [-0.1, -0.05) is 13.8 Å². The van der Waals surface area contributed by atoms with Crippen molar-refractivity contribution in [1.29, 1.82) is 0 Å². The molecule has 23 heavy (non-hydrogen) atoms. The highest BCUT2D eigenvalue weighted by atomic mass is 16.5. The fourth-order valence-corrected chi connectivity index (χ4v) is 8.35. The number of aliphatic hydroxyl groups excluding tert-OH is 1. The molecular weight excluding hydrogens is 288 g/mol. The van der Waals surface area contributed by atoms with Crippen LogP contribution in [0.5, 0.6) is 0 Å². The van der Waals surface area contributed by atoms with E-state index >= 15 is 0 Å². The molecule has 2 N–H and O–H groups in total. The predicted octanol–water partition coefficient (Wildman–Crippen LogP) is 3.13. The van der Waals surface area contributed by atoms with Crippen LogP contribution in [0.25, 0.3) is 0 Å². The van der Waals surface area contributed by atoms with Gasteiger partial charge in [-0.05, 0) is 80.0 Å². The zero-order valence-electron chi connectivity index (χ0n) is 14.7. The summed E-state index contributed by atoms with van der Waals surface area (Å²) < 4.78 is 5.92. The van der Waals surface area contributed by atoms with Gasteiger partial charge in [-0.3, -0.25) is 0 Å². The van der Waals surface area contributed by atoms with Gasteiger partial charge < -0.3 is 14.9 Å². The van der Waals surface area contributed by atoms with Crippen molar-refractivity contribution in [2.45, 2.75) is 76.9 Å². The van der Waals surface area contributed by atoms with Crippen LogP contribution in [0.4, 0.5) is 0 Å². The Morgan fingerprint density at radius 1 is 1.04 bits per heavy atom. The van der Waals surface area contributed by atoms with Crippen molar-refractivity contribution in [2.24, 2.45) is 34.0 Å². The maximum absolute atomic E-state index is 10.9. The molecule has 2 bridgehead atoms. The average Bonchev–Trinajstić information content (AvgIpc) is 2.87. The number of hydrogen-bond acceptors (Lipinski definition) is 3. The van der Waals surface area contributed by atoms with Crippen LogP contribution in [-0.2, 0) is 4.74 Å². The molecular formula is C20H32O3. The highest BCUT2D eigenvalue weighted by molar-refractivity contribution is 5.20. The number of fused-ring (bicyclic) bond motifs is 4. The summed E-state index contributed by atoms with van der Waals surface area (Å²) in [4.78, 5) is 0. The molecule has 0 amide bonds. The van der Waals surface area contributed by atoms with E-state index < -0.39 is 5.60 Å². The molecule has 8 atom stereocenters. The average molecular weight is 320 g/mol. The molecule has 1 heterocycles. The minimum Gasteiger partial charge on any atom is -0.393 e. The topological polar surface area (TPSA) is 49.7 Å². The van der Waals surface area contributed by atoms with E-state index in [1.165, 1.54) is 25.7 Å². The predicted molar refractivity (Wildman–Crippen MR) is 87.8 cm³/mol. The minimum atomic E-state index is -0.796. The molecule has 5 rings (SSSR count). The Morgan fingerprint density at radius 2 is 1.87 bits per heavy atom. The second kappa shape index (κ2) is 4.34. The molecule has 3 heteroatoms. The first-order valence-corrected chi connectivity index (χ1v) is 9.83. The van der Waals surface area contributed by atoms with Crippen molar-refractivity contribution in [1.82, 2.24) is 0 Å². The monoisotopic (exact) mass is 320 g/mol. The lowest BCUT2D eigenvalue weighted by atomic mass is 9.38. The Labute approximate surface area is 139 Å². The number of ether oxygens (including phenoxy) is 1. The standard InChI is InChI=1S/C20H32O3/c1-17-12-23-16(17)5-6-18(2)15(17)4-3-13-9-14-10-19(13,18)7-8-20(14,22)11-21/h13-16,21-22H,3-12H2,1-2H3/t13-,14+,15-,16+,17-,18-,19-,20+/m0/s1. The van der Waals surface area contributed by atoms with E-state index in [1.54, 1.807) is 0 Å². The molecule has 1 spiro atoms. The second-order valence-electron chi connectivity index (χ2n) is 10.1. The van der Waals surface area contributed by atoms with Gasteiger partial charge >= 0.3 is 0 Å². The third-order valence-electron chi connectivity index (χ3n) is 9.76. The Bertz CT molecular complexity index is 535. The third-order valence-corrected chi connectivity index (χ3v) is 9.76. The zero-order chi connectivity index (χ0) is 16.1. The van der Waals surface area contributed by atoms with Crippen LogP contribution in [-0.4, -0.2) is 35.1 Å². The molecule has 5 fully saturated rings. The fourth-order valence-electron chi connectivity index (χ4n) is 8.35. The van der Waals surface area contributed by atoms with E-state index in [9.17, 15) is 10.2 Å². The normalized spacial score (nSPS) is 63.7. The van der Waals surface area contributed by atoms with Crippen molar-refractivity contribution in [3.63, 3.8) is 0 Å². The van der Waals surface area contributed by atoms with Crippen molar-refractivity contribution < 1.29 is 14.9 Å².